The maximum atomic E-state index is 9.81. The predicted octanol–water partition coefficient (Wildman–Crippen LogP) is 3.43. The van der Waals surface area contributed by atoms with Crippen molar-refractivity contribution in [1.82, 2.24) is 0 Å². The quantitative estimate of drug-likeness (QED) is 0.713. The van der Waals surface area contributed by atoms with Crippen LogP contribution in [0.4, 0.5) is 0 Å². The molecule has 1 aromatic carbocycles. The number of benzene rings is 1. The molecule has 0 amide bonds. The van der Waals surface area contributed by atoms with Gasteiger partial charge in [-0.25, -0.2) is 0 Å². The second kappa shape index (κ2) is 13.0. The first kappa shape index (κ1) is 19.5. The zero-order valence-corrected chi connectivity index (χ0v) is 12.4. The van der Waals surface area contributed by atoms with Crippen LogP contribution in [0.1, 0.15) is 25.8 Å². The van der Waals surface area contributed by atoms with Crippen LogP contribution < -0.4 is 0 Å². The van der Waals surface area contributed by atoms with Crippen molar-refractivity contribution in [2.24, 2.45) is 0 Å². The second-order valence-electron chi connectivity index (χ2n) is 2.71. The number of rotatable bonds is 1. The third-order valence-electron chi connectivity index (χ3n) is 1.44. The Morgan fingerprint density at radius 1 is 1.21 bits per heavy atom. The van der Waals surface area contributed by atoms with Gasteiger partial charge in [-0.3, -0.25) is 0 Å². The fraction of sp³-hybridized carbons (Fsp3) is 0.333. The van der Waals surface area contributed by atoms with Gasteiger partial charge in [-0.05, 0) is 13.8 Å². The van der Waals surface area contributed by atoms with Crippen molar-refractivity contribution in [1.29, 1.82) is 0 Å². The Labute approximate surface area is 113 Å². The molecular weight excluding hydrogens is 249 g/mol. The molecule has 0 fully saturated rings. The van der Waals surface area contributed by atoms with Crippen LogP contribution >= 0.6 is 0 Å². The number of carbonyl (C=O) groups excluding carboxylic acids is 1. The van der Waals surface area contributed by atoms with E-state index in [1.807, 2.05) is 25.1 Å². The van der Waals surface area contributed by atoms with Gasteiger partial charge in [0.25, 0.3) is 0 Å². The van der Waals surface area contributed by atoms with Crippen LogP contribution in [-0.2, 0) is 37.5 Å². The normalized spacial score (nSPS) is 7.07. The van der Waals surface area contributed by atoms with E-state index in [4.69, 9.17) is 0 Å². The number of hydrogen-bond donors (Lipinski definition) is 0. The summed E-state index contributed by atoms with van der Waals surface area (Å²) >= 11 is 0. The number of carbonyl (C=O) groups is 1. The van der Waals surface area contributed by atoms with Crippen molar-refractivity contribution >= 4 is 5.78 Å². The summed E-state index contributed by atoms with van der Waals surface area (Å²) in [4.78, 5) is 9.81. The van der Waals surface area contributed by atoms with Crippen molar-refractivity contribution in [2.75, 3.05) is 0 Å². The molecule has 0 atom stereocenters. The van der Waals surface area contributed by atoms with Crippen LogP contribution in [0.2, 0.25) is 0 Å². The number of ketones is 1. The molecule has 2 heteroatoms. The molecule has 0 aliphatic rings. The summed E-state index contributed by atoms with van der Waals surface area (Å²) < 4.78 is 0. The van der Waals surface area contributed by atoms with E-state index in [1.54, 1.807) is 6.92 Å². The zero-order valence-electron chi connectivity index (χ0n) is 9.58. The Hall–Kier alpha value is -0.00610. The molecule has 0 aromatic heterocycles. The Bertz CT molecular complexity index is 219. The molecule has 14 heavy (non-hydrogen) atoms. The third kappa shape index (κ3) is 14.5. The standard InChI is InChI=1S/C7H8.C4H8O.CH3.Y/c1-7-5-3-2-4-6-7;1-3-4(2)5;;/h2-6H,1H3;3H2,1-2H3;1H3;/q;;-1;. The van der Waals surface area contributed by atoms with Gasteiger partial charge in [0, 0.05) is 39.1 Å². The molecule has 1 rings (SSSR count). The van der Waals surface area contributed by atoms with Gasteiger partial charge in [0.1, 0.15) is 5.78 Å². The largest absolute Gasteiger partial charge is 0.358 e. The smallest absolute Gasteiger partial charge is 0.129 e. The molecule has 0 aliphatic heterocycles. The molecule has 0 N–H and O–H groups in total. The molecule has 0 heterocycles. The third-order valence-corrected chi connectivity index (χ3v) is 1.44. The van der Waals surface area contributed by atoms with Gasteiger partial charge in [0.2, 0.25) is 0 Å². The summed E-state index contributed by atoms with van der Waals surface area (Å²) in [5.41, 5.74) is 1.32. The minimum atomic E-state index is 0. The monoisotopic (exact) mass is 268 g/mol. The molecule has 77 valence electrons. The summed E-state index contributed by atoms with van der Waals surface area (Å²) in [5, 5.41) is 0. The molecule has 0 saturated carbocycles. The molecular formula is C12H19OY-. The SMILES string of the molecule is CCC(C)=O.Cc1ccccc1.[CH3-].[Y]. The Kier molecular flexibility index (Phi) is 18.1. The van der Waals surface area contributed by atoms with Crippen LogP contribution in [-0.4, -0.2) is 5.78 Å². The Morgan fingerprint density at radius 2 is 1.57 bits per heavy atom. The van der Waals surface area contributed by atoms with Crippen LogP contribution in [0.5, 0.6) is 0 Å². The summed E-state index contributed by atoms with van der Waals surface area (Å²) in [7, 11) is 0. The Morgan fingerprint density at radius 3 is 1.71 bits per heavy atom. The van der Waals surface area contributed by atoms with E-state index in [2.05, 4.69) is 19.1 Å². The summed E-state index contributed by atoms with van der Waals surface area (Å²) in [6.45, 7) is 5.52. The van der Waals surface area contributed by atoms with E-state index in [0.717, 1.165) is 0 Å². The fourth-order valence-electron chi connectivity index (χ4n) is 0.534. The minimum Gasteiger partial charge on any atom is -0.358 e. The van der Waals surface area contributed by atoms with E-state index in [9.17, 15) is 4.79 Å². The van der Waals surface area contributed by atoms with E-state index in [-0.39, 0.29) is 45.9 Å². The predicted molar refractivity (Wildman–Crippen MR) is 58.6 cm³/mol. The Balaban J connectivity index is -0.000000159. The molecule has 1 radical (unpaired) electrons. The fourth-order valence-corrected chi connectivity index (χ4v) is 0.534. The van der Waals surface area contributed by atoms with E-state index < -0.39 is 0 Å². The van der Waals surface area contributed by atoms with Gasteiger partial charge < -0.3 is 12.2 Å². The molecule has 1 aromatic rings. The average Bonchev–Trinajstić information content (AvgIpc) is 2.07. The summed E-state index contributed by atoms with van der Waals surface area (Å²) in [6.07, 6.45) is 0.667. The first-order valence-electron chi connectivity index (χ1n) is 4.18. The van der Waals surface area contributed by atoms with Gasteiger partial charge in [-0.1, -0.05) is 42.8 Å². The first-order valence-corrected chi connectivity index (χ1v) is 4.18. The van der Waals surface area contributed by atoms with Crippen molar-refractivity contribution < 1.29 is 37.5 Å². The molecule has 0 unspecified atom stereocenters. The van der Waals surface area contributed by atoms with Crippen molar-refractivity contribution in [3.63, 3.8) is 0 Å². The molecule has 1 nitrogen and oxygen atoms in total. The van der Waals surface area contributed by atoms with Gasteiger partial charge >= 0.3 is 0 Å². The van der Waals surface area contributed by atoms with Gasteiger partial charge in [0.15, 0.2) is 0 Å². The van der Waals surface area contributed by atoms with Crippen LogP contribution in [0.15, 0.2) is 30.3 Å². The summed E-state index contributed by atoms with van der Waals surface area (Å²) in [6, 6.07) is 10.3. The number of hydrogen-bond acceptors (Lipinski definition) is 1. The maximum absolute atomic E-state index is 9.81. The van der Waals surface area contributed by atoms with Crippen molar-refractivity contribution in [2.45, 2.75) is 27.2 Å². The zero-order chi connectivity index (χ0) is 9.40. The molecule has 0 bridgehead atoms. The second-order valence-corrected chi connectivity index (χ2v) is 2.71. The average molecular weight is 268 g/mol. The van der Waals surface area contributed by atoms with Crippen LogP contribution in [0, 0.1) is 14.4 Å². The van der Waals surface area contributed by atoms with Crippen LogP contribution in [0.3, 0.4) is 0 Å². The number of aryl methyl sites for hydroxylation is 1. The summed E-state index contributed by atoms with van der Waals surface area (Å²) in [5.74, 6) is 0.255. The molecule has 0 saturated heterocycles. The topological polar surface area (TPSA) is 17.1 Å². The van der Waals surface area contributed by atoms with Gasteiger partial charge in [-0.2, -0.15) is 0 Å². The van der Waals surface area contributed by atoms with Crippen molar-refractivity contribution in [3.05, 3.63) is 43.3 Å². The maximum Gasteiger partial charge on any atom is 0.129 e. The van der Waals surface area contributed by atoms with Crippen molar-refractivity contribution in [3.8, 4) is 0 Å². The molecule has 0 spiro atoms. The molecule has 0 aliphatic carbocycles. The van der Waals surface area contributed by atoms with E-state index >= 15 is 0 Å². The number of Topliss-reactive ketones (excluding diaryl/α,β-unsaturated/α-hetero) is 1. The van der Waals surface area contributed by atoms with E-state index in [0.29, 0.717) is 6.42 Å². The van der Waals surface area contributed by atoms with Gasteiger partial charge in [0.05, 0.1) is 0 Å². The first-order chi connectivity index (χ1) is 5.66. The van der Waals surface area contributed by atoms with E-state index in [1.165, 1.54) is 5.56 Å². The minimum absolute atomic E-state index is 0. The van der Waals surface area contributed by atoms with Crippen LogP contribution in [0.25, 0.3) is 0 Å². The van der Waals surface area contributed by atoms with Gasteiger partial charge in [-0.15, -0.1) is 0 Å².